The molecule has 1 aliphatic heterocycles. The van der Waals surface area contributed by atoms with Gasteiger partial charge in [-0.15, -0.1) is 0 Å². The minimum atomic E-state index is -1.76. The van der Waals surface area contributed by atoms with Crippen LogP contribution in [0.25, 0.3) is 76.5 Å². The van der Waals surface area contributed by atoms with Crippen LogP contribution < -0.4 is 25.1 Å². The lowest BCUT2D eigenvalue weighted by molar-refractivity contribution is 0.584. The lowest BCUT2D eigenvalue weighted by Gasteiger charge is -2.45. The van der Waals surface area contributed by atoms with E-state index in [2.05, 4.69) is 260 Å². The molecule has 89 heavy (non-hydrogen) atoms. The Morgan fingerprint density at radius 1 is 0.371 bits per heavy atom. The topological polar surface area (TPSA) is 36.0 Å². The van der Waals surface area contributed by atoms with Gasteiger partial charge in [0.25, 0.3) is 0 Å². The third kappa shape index (κ3) is 7.74. The molecule has 0 fully saturated rings. The van der Waals surface area contributed by atoms with Gasteiger partial charge in [0.2, 0.25) is 0 Å². The van der Waals surface area contributed by atoms with E-state index >= 15 is 8.78 Å². The Labute approximate surface area is 517 Å². The van der Waals surface area contributed by atoms with Crippen molar-refractivity contribution in [1.82, 2.24) is 0 Å². The van der Waals surface area contributed by atoms with Crippen molar-refractivity contribution < 1.29 is 17.6 Å². The van der Waals surface area contributed by atoms with Crippen molar-refractivity contribution in [3.8, 4) is 11.1 Å². The Morgan fingerprint density at radius 3 is 1.22 bits per heavy atom. The molecule has 0 N–H and O–H groups in total. The maximum Gasteiger partial charge on any atom is 0.171 e. The highest BCUT2D eigenvalue weighted by Crippen LogP contribution is 2.67. The Bertz CT molecular complexity index is 5350. The van der Waals surface area contributed by atoms with Gasteiger partial charge >= 0.3 is 0 Å². The number of hydrogen-bond donors (Lipinski definition) is 0. The number of fused-ring (bicyclic) bond motifs is 19. The van der Waals surface area contributed by atoms with E-state index in [9.17, 15) is 0 Å². The highest BCUT2D eigenvalue weighted by molar-refractivity contribution is 6.88. The lowest BCUT2D eigenvalue weighted by atomic mass is 9.64. The quantitative estimate of drug-likeness (QED) is 0.135. The van der Waals surface area contributed by atoms with E-state index in [1.54, 1.807) is 12.1 Å². The molecule has 17 rings (SSSR count). The monoisotopic (exact) mass is 1190 g/mol. The molecular weight excluding hydrogens is 1130 g/mol. The Hall–Kier alpha value is -10.3. The zero-order valence-corrected chi connectivity index (χ0v) is 52.0. The van der Waals surface area contributed by atoms with Crippen LogP contribution in [0.3, 0.4) is 0 Å². The molecular formula is C80H59F2N3O2Si2. The van der Waals surface area contributed by atoms with Crippen LogP contribution in [0.2, 0.25) is 32.7 Å². The predicted molar refractivity (Wildman–Crippen MR) is 372 cm³/mol. The van der Waals surface area contributed by atoms with Gasteiger partial charge in [0, 0.05) is 49.4 Å². The molecule has 2 aliphatic rings. The second-order valence-corrected chi connectivity index (χ2v) is 33.2. The van der Waals surface area contributed by atoms with Crippen LogP contribution in [-0.4, -0.2) is 16.9 Å². The van der Waals surface area contributed by atoms with Crippen LogP contribution in [0.15, 0.2) is 270 Å². The van der Waals surface area contributed by atoms with Crippen molar-refractivity contribution in [2.75, 3.05) is 14.7 Å². The van der Waals surface area contributed by atoms with E-state index in [1.165, 1.54) is 22.5 Å². The zero-order chi connectivity index (χ0) is 60.0. The van der Waals surface area contributed by atoms with Gasteiger partial charge in [0.05, 0.1) is 56.4 Å². The molecule has 428 valence electrons. The summed E-state index contributed by atoms with van der Waals surface area (Å²) < 4.78 is 45.7. The molecule has 0 saturated carbocycles. The summed E-state index contributed by atoms with van der Waals surface area (Å²) in [4.78, 5) is 7.15. The van der Waals surface area contributed by atoms with Gasteiger partial charge in [-0.3, -0.25) is 0 Å². The van der Waals surface area contributed by atoms with E-state index < -0.39 is 33.9 Å². The first kappa shape index (κ1) is 53.0. The summed E-state index contributed by atoms with van der Waals surface area (Å²) in [5.74, 6) is -0.804. The molecule has 0 radical (unpaired) electrons. The molecule has 5 nitrogen and oxygen atoms in total. The van der Waals surface area contributed by atoms with Crippen molar-refractivity contribution in [2.24, 2.45) is 0 Å². The maximum absolute atomic E-state index is 16.1. The average Bonchev–Trinajstić information content (AvgIpc) is 1.54. The van der Waals surface area contributed by atoms with Gasteiger partial charge in [-0.05, 0) is 129 Å². The first-order valence-electron chi connectivity index (χ1n) is 30.6. The summed E-state index contributed by atoms with van der Waals surface area (Å²) in [6.07, 6.45) is 0. The highest BCUT2D eigenvalue weighted by Gasteiger charge is 2.54. The van der Waals surface area contributed by atoms with Gasteiger partial charge in [-0.2, -0.15) is 0 Å². The lowest BCUT2D eigenvalue weighted by Crippen LogP contribution is -2.37. The third-order valence-corrected chi connectivity index (χ3v) is 22.7. The van der Waals surface area contributed by atoms with Crippen LogP contribution in [0, 0.1) is 11.6 Å². The fourth-order valence-electron chi connectivity index (χ4n) is 14.9. The predicted octanol–water partition coefficient (Wildman–Crippen LogP) is 21.4. The minimum Gasteiger partial charge on any atom is -0.451 e. The van der Waals surface area contributed by atoms with Crippen molar-refractivity contribution in [2.45, 2.75) is 38.2 Å². The molecule has 1 spiro atoms. The van der Waals surface area contributed by atoms with Gasteiger partial charge in [0.15, 0.2) is 34.0 Å². The summed E-state index contributed by atoms with van der Waals surface area (Å²) in [5, 5.41) is 10.1. The van der Waals surface area contributed by atoms with Crippen LogP contribution >= 0.6 is 0 Å². The molecule has 0 unspecified atom stereocenters. The van der Waals surface area contributed by atoms with Crippen LogP contribution in [0.1, 0.15) is 22.3 Å². The number of para-hydroxylation sites is 7. The van der Waals surface area contributed by atoms with Crippen LogP contribution in [0.4, 0.5) is 60.0 Å². The van der Waals surface area contributed by atoms with E-state index in [0.29, 0.717) is 11.2 Å². The third-order valence-electron chi connectivity index (χ3n) is 18.9. The maximum atomic E-state index is 16.1. The average molecular weight is 1190 g/mol. The highest BCUT2D eigenvalue weighted by atomic mass is 28.3. The molecule has 2 aromatic heterocycles. The van der Waals surface area contributed by atoms with E-state index in [-0.39, 0.29) is 11.2 Å². The normalized spacial score (nSPS) is 13.3. The molecule has 9 heteroatoms. The molecule has 0 bridgehead atoms. The van der Waals surface area contributed by atoms with Crippen molar-refractivity contribution in [1.29, 1.82) is 0 Å². The molecule has 13 aromatic carbocycles. The summed E-state index contributed by atoms with van der Waals surface area (Å²) in [7, 11) is -2.96. The van der Waals surface area contributed by atoms with Gasteiger partial charge in [-0.1, -0.05) is 219 Å². The van der Waals surface area contributed by atoms with Crippen molar-refractivity contribution >= 4 is 144 Å². The second kappa shape index (κ2) is 19.8. The number of anilines is 9. The number of rotatable bonds is 9. The molecule has 15 aromatic rings. The van der Waals surface area contributed by atoms with E-state index in [1.807, 2.05) is 24.3 Å². The van der Waals surface area contributed by atoms with Crippen LogP contribution in [-0.2, 0) is 5.41 Å². The number of halogens is 2. The number of hydrogen-bond acceptors (Lipinski definition) is 5. The number of furan rings is 2. The molecule has 3 heterocycles. The molecule has 0 amide bonds. The van der Waals surface area contributed by atoms with Gasteiger partial charge in [0.1, 0.15) is 0 Å². The summed E-state index contributed by atoms with van der Waals surface area (Å²) in [6, 6.07) is 92.4. The summed E-state index contributed by atoms with van der Waals surface area (Å²) >= 11 is 0. The van der Waals surface area contributed by atoms with Crippen molar-refractivity contribution in [3.05, 3.63) is 295 Å². The minimum absolute atomic E-state index is 0.230. The second-order valence-electron chi connectivity index (χ2n) is 25.1. The first-order valence-corrected chi connectivity index (χ1v) is 37.0. The molecule has 0 atom stereocenters. The fraction of sp³-hybridized carbons (Fsp3) is 0.0750. The van der Waals surface area contributed by atoms with Gasteiger partial charge in [-0.25, -0.2) is 8.78 Å². The van der Waals surface area contributed by atoms with Crippen LogP contribution in [0.5, 0.6) is 0 Å². The number of benzene rings is 13. The SMILES string of the molecule is C[SiH](C)c1ccc(N(c2cc3c(c4ccccc24)-c2c(cc(N(c4ccc([Si](C)(C)C)cc4)c4cccc5c4oc4c(F)cccc45)c4ccccc24)C32c3ccccc3N(c3ccccc3)c3ccccc32)c2cccc3c2oc2c(F)cccc23)cc1. The summed E-state index contributed by atoms with van der Waals surface area (Å²) in [5.41, 5.74) is 16.0. The Kier molecular flexibility index (Phi) is 11.8. The van der Waals surface area contributed by atoms with Gasteiger partial charge < -0.3 is 23.5 Å². The largest absolute Gasteiger partial charge is 0.451 e. The van der Waals surface area contributed by atoms with E-state index in [4.69, 9.17) is 8.83 Å². The number of nitrogens with zero attached hydrogens (tertiary/aromatic N) is 3. The summed E-state index contributed by atoms with van der Waals surface area (Å²) in [6.45, 7) is 11.9. The smallest absolute Gasteiger partial charge is 0.171 e. The Balaban J connectivity index is 1.04. The zero-order valence-electron chi connectivity index (χ0n) is 49.8. The first-order chi connectivity index (χ1) is 43.5. The molecule has 0 saturated heterocycles. The molecule has 1 aliphatic carbocycles. The standard InChI is InChI=1S/C80H59F2N3O2Si2/c1-88(2)52-43-39-50(40-44-52)84(70-37-19-29-60-58-27-17-33-66(81)76(58)86-78(60)70)72-47-64-74(56-25-11-9-23-54(56)72)75-57-26-12-10-24-55(57)73(48-65(75)80(64)62-31-13-15-35-68(62)83(49-21-7-6-8-22-49)69-36-16-14-32-63(69)80)85(51-41-45-53(46-42-51)89(3,4)5)71-38-20-30-61-59-28-18-34-67(82)77(59)87-79(61)71/h6-48,88H,1-5H3. The van der Waals surface area contributed by atoms with Crippen molar-refractivity contribution in [3.63, 3.8) is 0 Å². The van der Waals surface area contributed by atoms with E-state index in [0.717, 1.165) is 128 Å². The fourth-order valence-corrected chi connectivity index (χ4v) is 17.0. The Morgan fingerprint density at radius 2 is 0.764 bits per heavy atom.